The maximum atomic E-state index is 11.6. The molecule has 0 radical (unpaired) electrons. The Morgan fingerprint density at radius 2 is 1.81 bits per heavy atom. The Morgan fingerprint density at radius 3 is 2.31 bits per heavy atom. The van der Waals surface area contributed by atoms with Gasteiger partial charge in [0.2, 0.25) is 0 Å². The zero-order valence-electron chi connectivity index (χ0n) is 9.49. The number of hydrogen-bond donors (Lipinski definition) is 2. The van der Waals surface area contributed by atoms with Gasteiger partial charge in [0, 0.05) is 17.2 Å². The molecular weight excluding hydrogens is 204 g/mol. The van der Waals surface area contributed by atoms with Crippen molar-refractivity contribution in [2.45, 2.75) is 13.8 Å². The summed E-state index contributed by atoms with van der Waals surface area (Å²) in [6, 6.07) is 6.56. The molecule has 0 aliphatic rings. The quantitative estimate of drug-likeness (QED) is 0.749. The Hall–Kier alpha value is -1.84. The van der Waals surface area contributed by atoms with Crippen LogP contribution in [0.15, 0.2) is 24.3 Å². The van der Waals surface area contributed by atoms with Crippen LogP contribution in [0, 0.1) is 5.92 Å². The standard InChI is InChI=1S/C12H16N2O2/c1-8(2)11(15)7-14-12(16)9-3-5-10(13)6-4-9/h3-6,8H,7,13H2,1-2H3,(H,14,16). The molecule has 4 heteroatoms. The van der Waals surface area contributed by atoms with Crippen molar-refractivity contribution < 1.29 is 9.59 Å². The molecule has 0 atom stereocenters. The summed E-state index contributed by atoms with van der Waals surface area (Å²) < 4.78 is 0. The number of benzene rings is 1. The van der Waals surface area contributed by atoms with Crippen LogP contribution in [0.25, 0.3) is 0 Å². The molecule has 0 unspecified atom stereocenters. The van der Waals surface area contributed by atoms with Crippen LogP contribution < -0.4 is 11.1 Å². The molecule has 0 spiro atoms. The van der Waals surface area contributed by atoms with E-state index in [2.05, 4.69) is 5.32 Å². The van der Waals surface area contributed by atoms with Gasteiger partial charge in [-0.25, -0.2) is 0 Å². The second-order valence-electron chi connectivity index (χ2n) is 3.93. The van der Waals surface area contributed by atoms with Gasteiger partial charge in [-0.3, -0.25) is 9.59 Å². The number of anilines is 1. The first-order valence-electron chi connectivity index (χ1n) is 5.17. The van der Waals surface area contributed by atoms with Crippen LogP contribution in [-0.4, -0.2) is 18.2 Å². The van der Waals surface area contributed by atoms with E-state index in [9.17, 15) is 9.59 Å². The van der Waals surface area contributed by atoms with Gasteiger partial charge >= 0.3 is 0 Å². The maximum absolute atomic E-state index is 11.6. The summed E-state index contributed by atoms with van der Waals surface area (Å²) in [5, 5.41) is 2.57. The normalized spacial score (nSPS) is 10.2. The summed E-state index contributed by atoms with van der Waals surface area (Å²) in [7, 11) is 0. The van der Waals surface area contributed by atoms with Gasteiger partial charge in [0.05, 0.1) is 6.54 Å². The van der Waals surface area contributed by atoms with E-state index in [1.807, 2.05) is 0 Å². The first-order valence-corrected chi connectivity index (χ1v) is 5.17. The molecule has 16 heavy (non-hydrogen) atoms. The number of hydrogen-bond acceptors (Lipinski definition) is 3. The number of carbonyl (C=O) groups excluding carboxylic acids is 2. The number of amides is 1. The minimum Gasteiger partial charge on any atom is -0.399 e. The molecule has 4 nitrogen and oxygen atoms in total. The van der Waals surface area contributed by atoms with E-state index < -0.39 is 0 Å². The van der Waals surface area contributed by atoms with Crippen molar-refractivity contribution in [3.05, 3.63) is 29.8 Å². The van der Waals surface area contributed by atoms with Crippen molar-refractivity contribution in [2.24, 2.45) is 5.92 Å². The van der Waals surface area contributed by atoms with Gasteiger partial charge in [-0.1, -0.05) is 13.8 Å². The predicted octanol–water partition coefficient (Wildman–Crippen LogP) is 1.22. The van der Waals surface area contributed by atoms with Crippen LogP contribution in [-0.2, 0) is 4.79 Å². The summed E-state index contributed by atoms with van der Waals surface area (Å²) >= 11 is 0. The number of Topliss-reactive ketones (excluding diaryl/α,β-unsaturated/α-hetero) is 1. The number of nitrogens with two attached hydrogens (primary N) is 1. The molecule has 0 saturated heterocycles. The Kier molecular flexibility index (Phi) is 4.05. The van der Waals surface area contributed by atoms with Gasteiger partial charge in [0.15, 0.2) is 5.78 Å². The zero-order valence-corrected chi connectivity index (χ0v) is 9.49. The molecule has 1 aromatic carbocycles. The number of ketones is 1. The van der Waals surface area contributed by atoms with E-state index in [1.165, 1.54) is 0 Å². The third-order valence-electron chi connectivity index (χ3n) is 2.24. The Bertz CT molecular complexity index is 383. The van der Waals surface area contributed by atoms with Crippen LogP contribution in [0.1, 0.15) is 24.2 Å². The highest BCUT2D eigenvalue weighted by molar-refractivity contribution is 5.97. The van der Waals surface area contributed by atoms with Gasteiger partial charge in [-0.2, -0.15) is 0 Å². The number of carbonyl (C=O) groups is 2. The second kappa shape index (κ2) is 5.30. The zero-order chi connectivity index (χ0) is 12.1. The van der Waals surface area contributed by atoms with E-state index >= 15 is 0 Å². The monoisotopic (exact) mass is 220 g/mol. The van der Waals surface area contributed by atoms with Crippen LogP contribution >= 0.6 is 0 Å². The van der Waals surface area contributed by atoms with Gasteiger partial charge in [-0.05, 0) is 24.3 Å². The lowest BCUT2D eigenvalue weighted by molar-refractivity contribution is -0.120. The summed E-state index contributed by atoms with van der Waals surface area (Å²) in [5.41, 5.74) is 6.61. The van der Waals surface area contributed by atoms with E-state index in [1.54, 1.807) is 38.1 Å². The highest BCUT2D eigenvalue weighted by atomic mass is 16.2. The summed E-state index contributed by atoms with van der Waals surface area (Å²) in [5.74, 6) is -0.301. The minimum atomic E-state index is -0.256. The van der Waals surface area contributed by atoms with Crippen LogP contribution in [0.4, 0.5) is 5.69 Å². The third-order valence-corrected chi connectivity index (χ3v) is 2.24. The van der Waals surface area contributed by atoms with Crippen LogP contribution in [0.5, 0.6) is 0 Å². The maximum Gasteiger partial charge on any atom is 0.251 e. The van der Waals surface area contributed by atoms with Crippen molar-refractivity contribution >= 4 is 17.4 Å². The minimum absolute atomic E-state index is 0.0174. The fourth-order valence-electron chi connectivity index (χ4n) is 1.11. The predicted molar refractivity (Wildman–Crippen MR) is 63.0 cm³/mol. The molecule has 3 N–H and O–H groups in total. The average Bonchev–Trinajstić information content (AvgIpc) is 2.26. The average molecular weight is 220 g/mol. The number of nitrogens with one attached hydrogen (secondary N) is 1. The third kappa shape index (κ3) is 3.38. The van der Waals surface area contributed by atoms with E-state index in [0.29, 0.717) is 11.3 Å². The molecule has 86 valence electrons. The molecule has 0 saturated carbocycles. The van der Waals surface area contributed by atoms with Gasteiger partial charge < -0.3 is 11.1 Å². The molecule has 0 aliphatic carbocycles. The fourth-order valence-corrected chi connectivity index (χ4v) is 1.11. The largest absolute Gasteiger partial charge is 0.399 e. The van der Waals surface area contributed by atoms with Crippen molar-refractivity contribution in [3.8, 4) is 0 Å². The molecule has 0 fully saturated rings. The van der Waals surface area contributed by atoms with Gasteiger partial charge in [0.1, 0.15) is 0 Å². The SMILES string of the molecule is CC(C)C(=O)CNC(=O)c1ccc(N)cc1. The molecule has 0 aromatic heterocycles. The lowest BCUT2D eigenvalue weighted by Crippen LogP contribution is -2.31. The van der Waals surface area contributed by atoms with Gasteiger partial charge in [-0.15, -0.1) is 0 Å². The van der Waals surface area contributed by atoms with Crippen molar-refractivity contribution in [2.75, 3.05) is 12.3 Å². The van der Waals surface area contributed by atoms with E-state index in [0.717, 1.165) is 0 Å². The van der Waals surface area contributed by atoms with Crippen molar-refractivity contribution in [3.63, 3.8) is 0 Å². The molecule has 1 aromatic rings. The topological polar surface area (TPSA) is 72.2 Å². The Morgan fingerprint density at radius 1 is 1.25 bits per heavy atom. The molecule has 0 aliphatic heterocycles. The van der Waals surface area contributed by atoms with E-state index in [4.69, 9.17) is 5.73 Å². The van der Waals surface area contributed by atoms with Crippen molar-refractivity contribution in [1.29, 1.82) is 0 Å². The van der Waals surface area contributed by atoms with Gasteiger partial charge in [0.25, 0.3) is 5.91 Å². The number of nitrogen functional groups attached to an aromatic ring is 1. The smallest absolute Gasteiger partial charge is 0.251 e. The van der Waals surface area contributed by atoms with Crippen LogP contribution in [0.2, 0.25) is 0 Å². The molecule has 0 heterocycles. The van der Waals surface area contributed by atoms with Crippen molar-refractivity contribution in [1.82, 2.24) is 5.32 Å². The molecule has 0 bridgehead atoms. The first-order chi connectivity index (χ1) is 7.50. The first kappa shape index (κ1) is 12.2. The highest BCUT2D eigenvalue weighted by Crippen LogP contribution is 2.05. The summed E-state index contributed by atoms with van der Waals surface area (Å²) in [4.78, 5) is 22.9. The Balaban J connectivity index is 2.53. The highest BCUT2D eigenvalue weighted by Gasteiger charge is 2.10. The Labute approximate surface area is 94.8 Å². The summed E-state index contributed by atoms with van der Waals surface area (Å²) in [6.07, 6.45) is 0. The lowest BCUT2D eigenvalue weighted by atomic mass is 10.1. The van der Waals surface area contributed by atoms with Crippen LogP contribution in [0.3, 0.4) is 0 Å². The fraction of sp³-hybridized carbons (Fsp3) is 0.333. The molecule has 1 rings (SSSR count). The summed E-state index contributed by atoms with van der Waals surface area (Å²) in [6.45, 7) is 3.68. The molecule has 1 amide bonds. The van der Waals surface area contributed by atoms with E-state index in [-0.39, 0.29) is 24.2 Å². The number of rotatable bonds is 4. The second-order valence-corrected chi connectivity index (χ2v) is 3.93. The lowest BCUT2D eigenvalue weighted by Gasteiger charge is -2.06. The molecular formula is C12H16N2O2.